The van der Waals surface area contributed by atoms with Gasteiger partial charge in [-0.15, -0.1) is 0 Å². The molecule has 0 unspecified atom stereocenters. The molecule has 4 rings (SSSR count). The second kappa shape index (κ2) is 9.01. The highest BCUT2D eigenvalue weighted by Crippen LogP contribution is 2.28. The Labute approximate surface area is 184 Å². The molecule has 1 aromatic heterocycles. The van der Waals surface area contributed by atoms with E-state index in [1.807, 2.05) is 36.5 Å². The third kappa shape index (κ3) is 4.36. The number of ether oxygens (including phenoxy) is 2. The molecule has 1 aliphatic heterocycles. The molecule has 0 aliphatic carbocycles. The van der Waals surface area contributed by atoms with Gasteiger partial charge >= 0.3 is 6.03 Å². The van der Waals surface area contributed by atoms with E-state index in [1.54, 1.807) is 26.4 Å². The fourth-order valence-corrected chi connectivity index (χ4v) is 3.73. The molecular weight excluding hydrogens is 412 g/mol. The van der Waals surface area contributed by atoms with E-state index < -0.39 is 18.0 Å². The molecule has 1 aliphatic rings. The van der Waals surface area contributed by atoms with Crippen LogP contribution >= 0.6 is 0 Å². The zero-order valence-corrected chi connectivity index (χ0v) is 17.8. The van der Waals surface area contributed by atoms with Gasteiger partial charge in [0, 0.05) is 29.3 Å². The minimum absolute atomic E-state index is 0.136. The van der Waals surface area contributed by atoms with Gasteiger partial charge < -0.3 is 25.1 Å². The Morgan fingerprint density at radius 2 is 1.88 bits per heavy atom. The Balaban J connectivity index is 1.34. The van der Waals surface area contributed by atoms with E-state index in [0.29, 0.717) is 23.6 Å². The second-order valence-corrected chi connectivity index (χ2v) is 7.46. The van der Waals surface area contributed by atoms with Crippen LogP contribution in [-0.4, -0.2) is 54.5 Å². The van der Waals surface area contributed by atoms with Gasteiger partial charge in [0.1, 0.15) is 6.04 Å². The number of urea groups is 1. The highest BCUT2D eigenvalue weighted by atomic mass is 16.5. The average Bonchev–Trinajstić information content (AvgIpc) is 3.35. The number of fused-ring (bicyclic) bond motifs is 1. The lowest BCUT2D eigenvalue weighted by Gasteiger charge is -2.14. The molecular formula is C23H24N4O5. The third-order valence-electron chi connectivity index (χ3n) is 5.41. The number of aromatic nitrogens is 1. The van der Waals surface area contributed by atoms with E-state index >= 15 is 0 Å². The Morgan fingerprint density at radius 1 is 1.06 bits per heavy atom. The van der Waals surface area contributed by atoms with Crippen LogP contribution in [0.25, 0.3) is 10.9 Å². The first kappa shape index (κ1) is 21.2. The van der Waals surface area contributed by atoms with Gasteiger partial charge in [0.2, 0.25) is 5.91 Å². The lowest BCUT2D eigenvalue weighted by atomic mass is 10.1. The smallest absolute Gasteiger partial charge is 0.324 e. The molecule has 9 nitrogen and oxygen atoms in total. The summed E-state index contributed by atoms with van der Waals surface area (Å²) in [4.78, 5) is 41.7. The molecule has 0 radical (unpaired) electrons. The molecule has 1 atom stereocenters. The largest absolute Gasteiger partial charge is 0.493 e. The summed E-state index contributed by atoms with van der Waals surface area (Å²) in [5.41, 5.74) is 2.49. The monoisotopic (exact) mass is 436 g/mol. The number of hydrogen-bond donors (Lipinski definition) is 3. The highest BCUT2D eigenvalue weighted by Gasteiger charge is 2.38. The molecule has 9 heteroatoms. The van der Waals surface area contributed by atoms with E-state index in [0.717, 1.165) is 21.4 Å². The minimum atomic E-state index is -0.885. The number of H-pyrrole nitrogens is 1. The molecule has 3 N–H and O–H groups in total. The maximum Gasteiger partial charge on any atom is 0.324 e. The zero-order valence-electron chi connectivity index (χ0n) is 17.8. The van der Waals surface area contributed by atoms with Gasteiger partial charge in [0.05, 0.1) is 20.6 Å². The van der Waals surface area contributed by atoms with Crippen LogP contribution in [0.4, 0.5) is 10.5 Å². The van der Waals surface area contributed by atoms with E-state index in [4.69, 9.17) is 9.47 Å². The van der Waals surface area contributed by atoms with Crippen LogP contribution in [-0.2, 0) is 16.0 Å². The SMILES string of the molecule is COc1ccc(CCN2C(=O)N[C@@H](CC(=O)Nc3ccc4[nH]ccc4c3)C2=O)cc1OC. The van der Waals surface area contributed by atoms with Gasteiger partial charge in [-0.2, -0.15) is 0 Å². The van der Waals surface area contributed by atoms with Crippen molar-refractivity contribution in [1.82, 2.24) is 15.2 Å². The van der Waals surface area contributed by atoms with E-state index in [-0.39, 0.29) is 18.9 Å². The molecule has 0 spiro atoms. The lowest BCUT2D eigenvalue weighted by molar-refractivity contribution is -0.129. The molecule has 3 aromatic rings. The molecule has 166 valence electrons. The van der Waals surface area contributed by atoms with E-state index in [2.05, 4.69) is 15.6 Å². The van der Waals surface area contributed by atoms with Gasteiger partial charge in [0.15, 0.2) is 11.5 Å². The molecule has 4 amide bonds. The van der Waals surface area contributed by atoms with Crippen LogP contribution < -0.4 is 20.1 Å². The first-order chi connectivity index (χ1) is 15.5. The fraction of sp³-hybridized carbons (Fsp3) is 0.261. The normalized spacial score (nSPS) is 15.7. The summed E-state index contributed by atoms with van der Waals surface area (Å²) in [6.45, 7) is 0.197. The molecule has 1 saturated heterocycles. The van der Waals surface area contributed by atoms with E-state index in [1.165, 1.54) is 0 Å². The summed E-state index contributed by atoms with van der Waals surface area (Å²) in [5, 5.41) is 6.35. The molecule has 2 heterocycles. The van der Waals surface area contributed by atoms with Crippen molar-refractivity contribution in [2.24, 2.45) is 0 Å². The number of anilines is 1. The van der Waals surface area contributed by atoms with E-state index in [9.17, 15) is 14.4 Å². The quantitative estimate of drug-likeness (QED) is 0.470. The summed E-state index contributed by atoms with van der Waals surface area (Å²) in [6, 6.07) is 11.4. The summed E-state index contributed by atoms with van der Waals surface area (Å²) >= 11 is 0. The van der Waals surface area contributed by atoms with Crippen molar-refractivity contribution >= 4 is 34.4 Å². The Morgan fingerprint density at radius 3 is 2.66 bits per heavy atom. The maximum atomic E-state index is 12.7. The number of amides is 4. The topological polar surface area (TPSA) is 113 Å². The number of hydrogen-bond acceptors (Lipinski definition) is 5. The van der Waals surface area contributed by atoms with Gasteiger partial charge in [-0.1, -0.05) is 6.07 Å². The number of nitrogens with zero attached hydrogens (tertiary/aromatic N) is 1. The molecule has 0 saturated carbocycles. The second-order valence-electron chi connectivity index (χ2n) is 7.46. The van der Waals surface area contributed by atoms with Crippen LogP contribution in [0.3, 0.4) is 0 Å². The van der Waals surface area contributed by atoms with Crippen LogP contribution in [0.5, 0.6) is 11.5 Å². The summed E-state index contributed by atoms with van der Waals surface area (Å²) in [5.74, 6) is 0.425. The van der Waals surface area contributed by atoms with Crippen molar-refractivity contribution in [2.45, 2.75) is 18.9 Å². The van der Waals surface area contributed by atoms with Crippen molar-refractivity contribution < 1.29 is 23.9 Å². The van der Waals surface area contributed by atoms with Crippen molar-refractivity contribution in [3.63, 3.8) is 0 Å². The Bertz CT molecular complexity index is 1170. The predicted molar refractivity (Wildman–Crippen MR) is 119 cm³/mol. The average molecular weight is 436 g/mol. The summed E-state index contributed by atoms with van der Waals surface area (Å²) in [7, 11) is 3.10. The number of aromatic amines is 1. The van der Waals surface area contributed by atoms with Crippen molar-refractivity contribution in [3.05, 3.63) is 54.2 Å². The standard InChI is InChI=1S/C23H24N4O5/c1-31-19-6-3-14(11-20(19)32-2)8-10-27-22(29)18(26-23(27)30)13-21(28)25-16-4-5-17-15(12-16)7-9-24-17/h3-7,9,11-12,18,24H,8,10,13H2,1-2H3,(H,25,28)(H,26,30)/t18-/m0/s1. The lowest BCUT2D eigenvalue weighted by Crippen LogP contribution is -2.34. The Kier molecular flexibility index (Phi) is 5.98. The summed E-state index contributed by atoms with van der Waals surface area (Å²) in [6.07, 6.45) is 2.14. The first-order valence-corrected chi connectivity index (χ1v) is 10.2. The molecule has 1 fully saturated rings. The molecule has 32 heavy (non-hydrogen) atoms. The van der Waals surface area contributed by atoms with Crippen LogP contribution in [0.15, 0.2) is 48.7 Å². The van der Waals surface area contributed by atoms with Gasteiger partial charge in [-0.05, 0) is 48.4 Å². The molecule has 0 bridgehead atoms. The number of rotatable bonds is 8. The van der Waals surface area contributed by atoms with Crippen molar-refractivity contribution in [3.8, 4) is 11.5 Å². The number of methoxy groups -OCH3 is 2. The first-order valence-electron chi connectivity index (χ1n) is 10.2. The minimum Gasteiger partial charge on any atom is -0.493 e. The fourth-order valence-electron chi connectivity index (χ4n) is 3.73. The number of carbonyl (C=O) groups excluding carboxylic acids is 3. The predicted octanol–water partition coefficient (Wildman–Crippen LogP) is 2.68. The van der Waals surface area contributed by atoms with Gasteiger partial charge in [-0.25, -0.2) is 4.79 Å². The van der Waals surface area contributed by atoms with Crippen LogP contribution in [0, 0.1) is 0 Å². The van der Waals surface area contributed by atoms with Crippen LogP contribution in [0.1, 0.15) is 12.0 Å². The zero-order chi connectivity index (χ0) is 22.7. The number of benzene rings is 2. The highest BCUT2D eigenvalue weighted by molar-refractivity contribution is 6.07. The Hall–Kier alpha value is -4.01. The maximum absolute atomic E-state index is 12.7. The molecule has 2 aromatic carbocycles. The van der Waals surface area contributed by atoms with Gasteiger partial charge in [-0.3, -0.25) is 14.5 Å². The number of nitrogens with one attached hydrogen (secondary N) is 3. The number of imide groups is 1. The summed E-state index contributed by atoms with van der Waals surface area (Å²) < 4.78 is 10.5. The number of carbonyl (C=O) groups is 3. The van der Waals surface area contributed by atoms with Crippen LogP contribution in [0.2, 0.25) is 0 Å². The third-order valence-corrected chi connectivity index (χ3v) is 5.41. The van der Waals surface area contributed by atoms with Gasteiger partial charge in [0.25, 0.3) is 5.91 Å². The van der Waals surface area contributed by atoms with Crippen molar-refractivity contribution in [2.75, 3.05) is 26.1 Å². The van der Waals surface area contributed by atoms with Crippen molar-refractivity contribution in [1.29, 1.82) is 0 Å².